The van der Waals surface area contributed by atoms with Crippen LogP contribution in [0.1, 0.15) is 5.56 Å². The van der Waals surface area contributed by atoms with Crippen molar-refractivity contribution >= 4 is 28.9 Å². The first-order valence-electron chi connectivity index (χ1n) is 5.41. The third-order valence-electron chi connectivity index (χ3n) is 2.58. The summed E-state index contributed by atoms with van der Waals surface area (Å²) in [5.41, 5.74) is -3.64. The second-order valence-corrected chi connectivity index (χ2v) is 4.79. The molecule has 0 aliphatic carbocycles. The van der Waals surface area contributed by atoms with Crippen molar-refractivity contribution in [3.05, 3.63) is 60.7 Å². The Morgan fingerprint density at radius 1 is 1.27 bits per heavy atom. The van der Waals surface area contributed by atoms with Crippen LogP contribution in [0.5, 0.6) is 0 Å². The number of alkyl halides is 3. The van der Waals surface area contributed by atoms with Gasteiger partial charge in [0, 0.05) is 6.07 Å². The van der Waals surface area contributed by atoms with Crippen LogP contribution in [0.4, 0.5) is 18.9 Å². The molecule has 2 aromatic rings. The van der Waals surface area contributed by atoms with E-state index in [0.717, 1.165) is 12.4 Å². The summed E-state index contributed by atoms with van der Waals surface area (Å²) < 4.78 is 38.8. The Balaban J connectivity index is 2.84. The van der Waals surface area contributed by atoms with Gasteiger partial charge in [-0.05, 0) is 6.07 Å². The number of hydrogen-bond acceptors (Lipinski definition) is 4. The van der Waals surface area contributed by atoms with Crippen molar-refractivity contribution in [2.75, 3.05) is 0 Å². The number of rotatable bonds is 2. The number of nitrogens with zero attached hydrogens (tertiary/aromatic N) is 3. The molecule has 2 rings (SSSR count). The van der Waals surface area contributed by atoms with E-state index in [-0.39, 0.29) is 5.15 Å². The normalized spacial score (nSPS) is 11.5. The highest BCUT2D eigenvalue weighted by molar-refractivity contribution is 6.33. The molecule has 0 saturated heterocycles. The van der Waals surface area contributed by atoms with Crippen molar-refractivity contribution in [1.29, 1.82) is 0 Å². The van der Waals surface area contributed by atoms with Gasteiger partial charge in [0.05, 0.1) is 27.9 Å². The Hall–Kier alpha value is -2.13. The van der Waals surface area contributed by atoms with Crippen LogP contribution < -0.4 is 5.56 Å². The lowest BCUT2D eigenvalue weighted by atomic mass is 10.1. The Morgan fingerprint density at radius 2 is 1.91 bits per heavy atom. The average molecular weight is 354 g/mol. The van der Waals surface area contributed by atoms with Crippen molar-refractivity contribution < 1.29 is 18.1 Å². The van der Waals surface area contributed by atoms with Gasteiger partial charge in [0.25, 0.3) is 11.2 Å². The number of benzene rings is 1. The third kappa shape index (κ3) is 3.04. The van der Waals surface area contributed by atoms with Gasteiger partial charge in [-0.25, -0.2) is 4.98 Å². The fourth-order valence-electron chi connectivity index (χ4n) is 1.68. The van der Waals surface area contributed by atoms with Crippen molar-refractivity contribution in [3.8, 4) is 5.69 Å². The van der Waals surface area contributed by atoms with Gasteiger partial charge in [-0.3, -0.25) is 19.5 Å². The van der Waals surface area contributed by atoms with E-state index in [2.05, 4.69) is 4.98 Å². The number of halogens is 5. The van der Waals surface area contributed by atoms with Crippen LogP contribution >= 0.6 is 23.2 Å². The maximum absolute atomic E-state index is 12.7. The fourth-order valence-corrected chi connectivity index (χ4v) is 2.13. The zero-order valence-corrected chi connectivity index (χ0v) is 11.8. The summed E-state index contributed by atoms with van der Waals surface area (Å²) in [7, 11) is 0. The molecule has 11 heteroatoms. The molecule has 0 bridgehead atoms. The molecule has 0 saturated carbocycles. The molecule has 0 aliphatic rings. The first-order chi connectivity index (χ1) is 10.1. The standard InChI is InChI=1S/C11H4Cl2F3N3O3/c12-6-1-5(11(14,15)16)2-7(19(21)22)10(6)18-4-8(13)17-3-9(18)20/h1-4H. The molecular weight excluding hydrogens is 350 g/mol. The number of nitro groups is 1. The summed E-state index contributed by atoms with van der Waals surface area (Å²) >= 11 is 11.3. The minimum atomic E-state index is -4.83. The van der Waals surface area contributed by atoms with Crippen molar-refractivity contribution in [3.63, 3.8) is 0 Å². The van der Waals surface area contributed by atoms with Crippen molar-refractivity contribution in [2.45, 2.75) is 6.18 Å². The lowest BCUT2D eigenvalue weighted by molar-refractivity contribution is -0.384. The van der Waals surface area contributed by atoms with E-state index < -0.39 is 38.6 Å². The van der Waals surface area contributed by atoms with Gasteiger partial charge < -0.3 is 0 Å². The van der Waals surface area contributed by atoms with Crippen LogP contribution in [0.2, 0.25) is 10.2 Å². The Labute approximate surface area is 129 Å². The van der Waals surface area contributed by atoms with E-state index in [1.54, 1.807) is 0 Å². The minimum absolute atomic E-state index is 0.190. The molecule has 0 spiro atoms. The predicted molar refractivity (Wildman–Crippen MR) is 71.5 cm³/mol. The molecule has 0 radical (unpaired) electrons. The lowest BCUT2D eigenvalue weighted by Gasteiger charge is -2.12. The molecule has 0 atom stereocenters. The quantitative estimate of drug-likeness (QED) is 0.611. The number of hydrogen-bond donors (Lipinski definition) is 0. The first-order valence-corrected chi connectivity index (χ1v) is 6.16. The topological polar surface area (TPSA) is 78.0 Å². The Bertz CT molecular complexity index is 820. The van der Waals surface area contributed by atoms with Crippen LogP contribution in [0.25, 0.3) is 5.69 Å². The van der Waals surface area contributed by atoms with Crippen molar-refractivity contribution in [2.24, 2.45) is 0 Å². The molecular formula is C11H4Cl2F3N3O3. The van der Waals surface area contributed by atoms with Crippen LogP contribution in [0, 0.1) is 10.1 Å². The number of aromatic nitrogens is 2. The van der Waals surface area contributed by atoms with E-state index in [1.807, 2.05) is 0 Å². The van der Waals surface area contributed by atoms with E-state index in [4.69, 9.17) is 23.2 Å². The molecule has 0 unspecified atom stereocenters. The Kier molecular flexibility index (Phi) is 4.12. The van der Waals surface area contributed by atoms with Gasteiger partial charge in [-0.2, -0.15) is 13.2 Å². The van der Waals surface area contributed by atoms with E-state index in [9.17, 15) is 28.1 Å². The maximum Gasteiger partial charge on any atom is 0.416 e. The highest BCUT2D eigenvalue weighted by Gasteiger charge is 2.35. The summed E-state index contributed by atoms with van der Waals surface area (Å²) in [6, 6.07) is 0.784. The zero-order valence-electron chi connectivity index (χ0n) is 10.3. The van der Waals surface area contributed by atoms with Crippen molar-refractivity contribution in [1.82, 2.24) is 9.55 Å². The molecule has 0 fully saturated rings. The van der Waals surface area contributed by atoms with Gasteiger partial charge in [0.15, 0.2) is 0 Å². The van der Waals surface area contributed by atoms with Gasteiger partial charge >= 0.3 is 6.18 Å². The van der Waals surface area contributed by atoms with E-state index in [1.165, 1.54) is 0 Å². The van der Waals surface area contributed by atoms with Crippen LogP contribution in [0.3, 0.4) is 0 Å². The highest BCUT2D eigenvalue weighted by atomic mass is 35.5. The molecule has 0 N–H and O–H groups in total. The summed E-state index contributed by atoms with van der Waals surface area (Å²) in [6.45, 7) is 0. The first kappa shape index (κ1) is 16.2. The smallest absolute Gasteiger partial charge is 0.272 e. The average Bonchev–Trinajstić information content (AvgIpc) is 2.39. The van der Waals surface area contributed by atoms with Crippen LogP contribution in [-0.2, 0) is 6.18 Å². The summed E-state index contributed by atoms with van der Waals surface area (Å²) in [4.78, 5) is 25.2. The van der Waals surface area contributed by atoms with Crippen LogP contribution in [0.15, 0.2) is 29.3 Å². The fraction of sp³-hybridized carbons (Fsp3) is 0.0909. The highest BCUT2D eigenvalue weighted by Crippen LogP contribution is 2.38. The summed E-state index contributed by atoms with van der Waals surface area (Å²) in [6.07, 6.45) is -3.14. The molecule has 0 aliphatic heterocycles. The minimum Gasteiger partial charge on any atom is -0.272 e. The number of nitro benzene ring substituents is 1. The molecule has 1 heterocycles. The third-order valence-corrected chi connectivity index (χ3v) is 3.06. The SMILES string of the molecule is O=c1cnc(Cl)cn1-c1c(Cl)cc(C(F)(F)F)cc1[N+](=O)[O-]. The van der Waals surface area contributed by atoms with Gasteiger partial charge in [0.2, 0.25) is 0 Å². The molecule has 116 valence electrons. The molecule has 6 nitrogen and oxygen atoms in total. The van der Waals surface area contributed by atoms with E-state index >= 15 is 0 Å². The van der Waals surface area contributed by atoms with Gasteiger partial charge in [-0.1, -0.05) is 23.2 Å². The van der Waals surface area contributed by atoms with E-state index in [0.29, 0.717) is 16.7 Å². The second kappa shape index (κ2) is 5.58. The maximum atomic E-state index is 12.7. The van der Waals surface area contributed by atoms with Crippen LogP contribution in [-0.4, -0.2) is 14.5 Å². The summed E-state index contributed by atoms with van der Waals surface area (Å²) in [5, 5.41) is 10.2. The Morgan fingerprint density at radius 3 is 2.45 bits per heavy atom. The zero-order chi connectivity index (χ0) is 16.7. The summed E-state index contributed by atoms with van der Waals surface area (Å²) in [5.74, 6) is 0. The molecule has 1 aromatic heterocycles. The molecule has 1 aromatic carbocycles. The monoisotopic (exact) mass is 353 g/mol. The molecule has 0 amide bonds. The second-order valence-electron chi connectivity index (χ2n) is 4.00. The molecule has 22 heavy (non-hydrogen) atoms. The largest absolute Gasteiger partial charge is 0.416 e. The predicted octanol–water partition coefficient (Wildman–Crippen LogP) is 3.47. The van der Waals surface area contributed by atoms with Gasteiger partial charge in [-0.15, -0.1) is 0 Å². The van der Waals surface area contributed by atoms with Gasteiger partial charge in [0.1, 0.15) is 10.8 Å². The lowest BCUT2D eigenvalue weighted by Crippen LogP contribution is -2.19.